The number of thiophene rings is 1. The van der Waals surface area contributed by atoms with Gasteiger partial charge in [-0.25, -0.2) is 0 Å². The minimum absolute atomic E-state index is 0.118. The molecule has 0 atom stereocenters. The van der Waals surface area contributed by atoms with Gasteiger partial charge >= 0.3 is 0 Å². The van der Waals surface area contributed by atoms with Gasteiger partial charge in [0.15, 0.2) is 0 Å². The highest BCUT2D eigenvalue weighted by molar-refractivity contribution is 14.1. The molecule has 0 aliphatic carbocycles. The zero-order valence-corrected chi connectivity index (χ0v) is 11.1. The van der Waals surface area contributed by atoms with E-state index in [-0.39, 0.29) is 6.61 Å². The smallest absolute Gasteiger partial charge is 0.0696 e. The van der Waals surface area contributed by atoms with Crippen molar-refractivity contribution in [3.05, 3.63) is 31.1 Å². The van der Waals surface area contributed by atoms with Gasteiger partial charge in [-0.1, -0.05) is 0 Å². The zero-order chi connectivity index (χ0) is 9.42. The summed E-state index contributed by atoms with van der Waals surface area (Å²) >= 11 is 7.45. The molecule has 4 heteroatoms. The van der Waals surface area contributed by atoms with E-state index in [9.17, 15) is 0 Å². The highest BCUT2D eigenvalue weighted by atomic mass is 127. The highest BCUT2D eigenvalue weighted by Gasteiger charge is 2.05. The third-order valence-electron chi connectivity index (χ3n) is 1.87. The Morgan fingerprint density at radius 2 is 2.23 bits per heavy atom. The van der Waals surface area contributed by atoms with Crippen molar-refractivity contribution in [2.24, 2.45) is 0 Å². The molecule has 1 aromatic carbocycles. The van der Waals surface area contributed by atoms with Crippen LogP contribution >= 0.6 is 49.9 Å². The SMILES string of the molecule is OCc1csc2cc(I)c(Br)cc12. The summed E-state index contributed by atoms with van der Waals surface area (Å²) in [7, 11) is 0. The van der Waals surface area contributed by atoms with Gasteiger partial charge in [0.1, 0.15) is 0 Å². The van der Waals surface area contributed by atoms with Crippen LogP contribution in [0.4, 0.5) is 0 Å². The number of aliphatic hydroxyl groups excluding tert-OH is 1. The molecule has 13 heavy (non-hydrogen) atoms. The van der Waals surface area contributed by atoms with Gasteiger partial charge in [-0.05, 0) is 67.0 Å². The Morgan fingerprint density at radius 1 is 1.46 bits per heavy atom. The van der Waals surface area contributed by atoms with E-state index >= 15 is 0 Å². The number of rotatable bonds is 1. The summed E-state index contributed by atoms with van der Waals surface area (Å²) in [4.78, 5) is 0. The van der Waals surface area contributed by atoms with Crippen molar-refractivity contribution in [3.8, 4) is 0 Å². The Bertz CT molecular complexity index is 452. The lowest BCUT2D eigenvalue weighted by molar-refractivity contribution is 0.284. The molecule has 1 nitrogen and oxygen atoms in total. The van der Waals surface area contributed by atoms with Crippen molar-refractivity contribution in [1.29, 1.82) is 0 Å². The Kier molecular flexibility index (Phi) is 2.92. The van der Waals surface area contributed by atoms with Crippen LogP contribution in [0.25, 0.3) is 10.1 Å². The molecule has 1 N–H and O–H groups in total. The fourth-order valence-corrected chi connectivity index (χ4v) is 3.19. The van der Waals surface area contributed by atoms with Crippen molar-refractivity contribution in [2.45, 2.75) is 6.61 Å². The lowest BCUT2D eigenvalue weighted by Gasteiger charge is -1.97. The van der Waals surface area contributed by atoms with Crippen LogP contribution < -0.4 is 0 Å². The monoisotopic (exact) mass is 368 g/mol. The summed E-state index contributed by atoms with van der Waals surface area (Å²) < 4.78 is 3.53. The molecule has 0 radical (unpaired) electrons. The van der Waals surface area contributed by atoms with E-state index in [0.717, 1.165) is 15.4 Å². The van der Waals surface area contributed by atoms with Crippen LogP contribution in [0.15, 0.2) is 22.0 Å². The average Bonchev–Trinajstić information content (AvgIpc) is 2.48. The van der Waals surface area contributed by atoms with Gasteiger partial charge in [0.25, 0.3) is 0 Å². The molecule has 0 bridgehead atoms. The second kappa shape index (κ2) is 3.84. The summed E-state index contributed by atoms with van der Waals surface area (Å²) in [5.74, 6) is 0. The van der Waals surface area contributed by atoms with Gasteiger partial charge < -0.3 is 5.11 Å². The normalized spacial score (nSPS) is 11.0. The number of halogens is 2. The summed E-state index contributed by atoms with van der Waals surface area (Å²) in [6.07, 6.45) is 0. The first kappa shape index (κ1) is 9.89. The molecule has 2 aromatic rings. The van der Waals surface area contributed by atoms with Crippen molar-refractivity contribution in [3.63, 3.8) is 0 Å². The van der Waals surface area contributed by atoms with E-state index < -0.39 is 0 Å². The molecule has 0 fully saturated rings. The maximum absolute atomic E-state index is 9.07. The van der Waals surface area contributed by atoms with Gasteiger partial charge in [0, 0.05) is 12.7 Å². The predicted molar refractivity (Wildman–Crippen MR) is 68.2 cm³/mol. The lowest BCUT2D eigenvalue weighted by atomic mass is 10.2. The van der Waals surface area contributed by atoms with E-state index in [0.29, 0.717) is 0 Å². The van der Waals surface area contributed by atoms with Gasteiger partial charge in [0.2, 0.25) is 0 Å². The molecule has 0 aliphatic heterocycles. The van der Waals surface area contributed by atoms with Crippen LogP contribution in [0.1, 0.15) is 5.56 Å². The largest absolute Gasteiger partial charge is 0.392 e. The third kappa shape index (κ3) is 1.77. The Hall–Kier alpha value is 0.350. The fraction of sp³-hybridized carbons (Fsp3) is 0.111. The molecule has 68 valence electrons. The zero-order valence-electron chi connectivity index (χ0n) is 6.55. The third-order valence-corrected chi connectivity index (χ3v) is 5.15. The highest BCUT2D eigenvalue weighted by Crippen LogP contribution is 2.32. The first-order chi connectivity index (χ1) is 6.22. The van der Waals surface area contributed by atoms with Gasteiger partial charge in [0.05, 0.1) is 6.61 Å². The topological polar surface area (TPSA) is 20.2 Å². The first-order valence-electron chi connectivity index (χ1n) is 3.68. The predicted octanol–water partition coefficient (Wildman–Crippen LogP) is 3.76. The van der Waals surface area contributed by atoms with Gasteiger partial charge in [-0.2, -0.15) is 0 Å². The summed E-state index contributed by atoms with van der Waals surface area (Å²) in [6, 6.07) is 4.20. The maximum Gasteiger partial charge on any atom is 0.0696 e. The minimum atomic E-state index is 0.118. The molecule has 0 unspecified atom stereocenters. The van der Waals surface area contributed by atoms with Crippen LogP contribution in [0.5, 0.6) is 0 Å². The van der Waals surface area contributed by atoms with Crippen molar-refractivity contribution in [1.82, 2.24) is 0 Å². The number of hydrogen-bond acceptors (Lipinski definition) is 2. The number of aliphatic hydroxyl groups is 1. The summed E-state index contributed by atoms with van der Waals surface area (Å²) in [5.41, 5.74) is 1.01. The molecule has 0 amide bonds. The molecule has 0 saturated carbocycles. The Balaban J connectivity index is 2.77. The van der Waals surface area contributed by atoms with Crippen LogP contribution in [0, 0.1) is 3.57 Å². The van der Waals surface area contributed by atoms with Crippen LogP contribution in [-0.4, -0.2) is 5.11 Å². The molecule has 0 spiro atoms. The lowest BCUT2D eigenvalue weighted by Crippen LogP contribution is -1.80. The van der Waals surface area contributed by atoms with Crippen molar-refractivity contribution in [2.75, 3.05) is 0 Å². The quantitative estimate of drug-likeness (QED) is 0.760. The van der Waals surface area contributed by atoms with E-state index in [2.05, 4.69) is 50.7 Å². The van der Waals surface area contributed by atoms with Crippen LogP contribution in [0.2, 0.25) is 0 Å². The Morgan fingerprint density at radius 3 is 2.92 bits per heavy atom. The van der Waals surface area contributed by atoms with Gasteiger partial charge in [-0.15, -0.1) is 11.3 Å². The van der Waals surface area contributed by atoms with Crippen LogP contribution in [-0.2, 0) is 6.61 Å². The molecular weight excluding hydrogens is 363 g/mol. The second-order valence-corrected chi connectivity index (χ2v) is 5.61. The molecule has 1 heterocycles. The molecule has 0 saturated heterocycles. The van der Waals surface area contributed by atoms with E-state index in [4.69, 9.17) is 5.11 Å². The molecule has 0 aliphatic rings. The number of fused-ring (bicyclic) bond motifs is 1. The summed E-state index contributed by atoms with van der Waals surface area (Å²) in [6.45, 7) is 0.118. The Labute approximate surface area is 102 Å². The molecular formula is C9H6BrIOS. The maximum atomic E-state index is 9.07. The van der Waals surface area contributed by atoms with E-state index in [1.165, 1.54) is 8.27 Å². The average molecular weight is 369 g/mol. The standard InChI is InChI=1S/C9H6BrIOS/c10-7-1-6-5(3-12)4-13-9(6)2-8(7)11/h1-2,4,12H,3H2. The van der Waals surface area contributed by atoms with Crippen molar-refractivity contribution >= 4 is 59.9 Å². The van der Waals surface area contributed by atoms with Crippen LogP contribution in [0.3, 0.4) is 0 Å². The number of hydrogen-bond donors (Lipinski definition) is 1. The van der Waals surface area contributed by atoms with E-state index in [1.807, 2.05) is 5.38 Å². The molecule has 1 aromatic heterocycles. The summed E-state index contributed by atoms with van der Waals surface area (Å²) in [5, 5.41) is 12.2. The molecule has 2 rings (SSSR count). The van der Waals surface area contributed by atoms with E-state index in [1.54, 1.807) is 11.3 Å². The second-order valence-electron chi connectivity index (χ2n) is 2.68. The first-order valence-corrected chi connectivity index (χ1v) is 6.43. The number of benzene rings is 1. The van der Waals surface area contributed by atoms with Gasteiger partial charge in [-0.3, -0.25) is 0 Å². The van der Waals surface area contributed by atoms with Crippen molar-refractivity contribution < 1.29 is 5.11 Å². The fourth-order valence-electron chi connectivity index (χ4n) is 1.20. The minimum Gasteiger partial charge on any atom is -0.392 e.